The number of hydrogen-bond acceptors (Lipinski definition) is 10. The predicted molar refractivity (Wildman–Crippen MR) is 118 cm³/mol. The largest absolute Gasteiger partial charge is 0.481 e. The Kier molecular flexibility index (Phi) is 7.33. The lowest BCUT2D eigenvalue weighted by Crippen LogP contribution is -2.43. The quantitative estimate of drug-likeness (QED) is 0.192. The van der Waals surface area contributed by atoms with E-state index in [0.29, 0.717) is 11.4 Å². The summed E-state index contributed by atoms with van der Waals surface area (Å²) in [7, 11) is 0. The molecule has 2 atom stereocenters. The highest BCUT2D eigenvalue weighted by atomic mass is 16.4. The first-order valence-corrected chi connectivity index (χ1v) is 9.90. The summed E-state index contributed by atoms with van der Waals surface area (Å²) in [4.78, 5) is 61.3. The van der Waals surface area contributed by atoms with E-state index in [1.54, 1.807) is 12.1 Å². The van der Waals surface area contributed by atoms with Crippen molar-refractivity contribution in [2.75, 3.05) is 17.7 Å². The Hall–Kier alpha value is -4.59. The van der Waals surface area contributed by atoms with Gasteiger partial charge in [-0.1, -0.05) is 0 Å². The first-order chi connectivity index (χ1) is 16.2. The molecule has 1 amide bonds. The normalized spacial score (nSPS) is 12.6. The van der Waals surface area contributed by atoms with Gasteiger partial charge in [0.25, 0.3) is 11.5 Å². The zero-order valence-electron chi connectivity index (χ0n) is 17.6. The number of benzene rings is 1. The number of aliphatic hydroxyl groups is 1. The molecule has 0 aliphatic carbocycles. The molecular formula is C20H21N7O7. The molecule has 1 aromatic carbocycles. The number of H-pyrrole nitrogens is 1. The molecule has 0 aliphatic heterocycles. The standard InChI is InChI=1S/C20H21N7O7/c21-20-26-15-14(17(30)27-20)24-12(7-23-15)6-22-11-3-1-9(2-4-11)16(29)25-13(19(33)34)5-10(8-28)18(31)32/h1-4,7,10,13,22,28H,5-6,8H2,(H,25,29)(H,31,32)(H,33,34)(H3,21,23,26,27,30). The molecule has 0 saturated carbocycles. The van der Waals surface area contributed by atoms with Gasteiger partial charge < -0.3 is 31.7 Å². The van der Waals surface area contributed by atoms with Crippen LogP contribution in [-0.2, 0) is 16.1 Å². The number of aliphatic carboxylic acids is 2. The van der Waals surface area contributed by atoms with Crippen LogP contribution >= 0.6 is 0 Å². The molecule has 2 aromatic heterocycles. The minimum absolute atomic E-state index is 0.0415. The first-order valence-electron chi connectivity index (χ1n) is 9.90. The Balaban J connectivity index is 1.63. The van der Waals surface area contributed by atoms with E-state index in [2.05, 4.69) is 30.6 Å². The van der Waals surface area contributed by atoms with Crippen LogP contribution in [0.5, 0.6) is 0 Å². The molecule has 0 saturated heterocycles. The highest BCUT2D eigenvalue weighted by Gasteiger charge is 2.28. The van der Waals surface area contributed by atoms with E-state index in [4.69, 9.17) is 15.9 Å². The van der Waals surface area contributed by atoms with Crippen LogP contribution in [0.3, 0.4) is 0 Å². The Morgan fingerprint density at radius 3 is 2.41 bits per heavy atom. The van der Waals surface area contributed by atoms with Gasteiger partial charge in [-0.05, 0) is 30.7 Å². The first kappa shape index (κ1) is 24.1. The zero-order valence-corrected chi connectivity index (χ0v) is 17.6. The third-order valence-corrected chi connectivity index (χ3v) is 4.80. The monoisotopic (exact) mass is 471 g/mol. The number of hydrogen-bond donors (Lipinski definition) is 7. The van der Waals surface area contributed by atoms with E-state index < -0.39 is 48.4 Å². The number of amides is 1. The fraction of sp³-hybridized carbons (Fsp3) is 0.250. The topological polar surface area (TPSA) is 234 Å². The van der Waals surface area contributed by atoms with Crippen molar-refractivity contribution in [3.63, 3.8) is 0 Å². The maximum Gasteiger partial charge on any atom is 0.326 e. The maximum atomic E-state index is 12.4. The number of anilines is 2. The summed E-state index contributed by atoms with van der Waals surface area (Å²) in [5.74, 6) is -4.88. The summed E-state index contributed by atoms with van der Waals surface area (Å²) >= 11 is 0. The molecule has 3 aromatic rings. The van der Waals surface area contributed by atoms with E-state index in [1.807, 2.05) is 0 Å². The second kappa shape index (κ2) is 10.4. The van der Waals surface area contributed by atoms with Crippen molar-refractivity contribution in [2.24, 2.45) is 5.92 Å². The van der Waals surface area contributed by atoms with E-state index in [1.165, 1.54) is 18.3 Å². The molecule has 178 valence electrons. The third-order valence-electron chi connectivity index (χ3n) is 4.80. The van der Waals surface area contributed by atoms with Crippen LogP contribution in [0.2, 0.25) is 0 Å². The molecule has 2 heterocycles. The number of fused-ring (bicyclic) bond motifs is 1. The van der Waals surface area contributed by atoms with Gasteiger partial charge in [0, 0.05) is 11.3 Å². The second-order valence-electron chi connectivity index (χ2n) is 7.23. The fourth-order valence-corrected chi connectivity index (χ4v) is 2.99. The maximum absolute atomic E-state index is 12.4. The van der Waals surface area contributed by atoms with Gasteiger partial charge in [-0.25, -0.2) is 14.8 Å². The highest BCUT2D eigenvalue weighted by molar-refractivity contribution is 5.97. The van der Waals surface area contributed by atoms with Crippen LogP contribution in [0.1, 0.15) is 22.5 Å². The Morgan fingerprint density at radius 1 is 1.09 bits per heavy atom. The van der Waals surface area contributed by atoms with Crippen LogP contribution in [-0.4, -0.2) is 65.8 Å². The van der Waals surface area contributed by atoms with Crippen molar-refractivity contribution in [3.05, 3.63) is 52.1 Å². The molecule has 14 heteroatoms. The van der Waals surface area contributed by atoms with Gasteiger partial charge in [0.05, 0.1) is 31.0 Å². The Bertz CT molecular complexity index is 1280. The van der Waals surface area contributed by atoms with Crippen LogP contribution in [0.15, 0.2) is 35.3 Å². The van der Waals surface area contributed by atoms with E-state index in [0.717, 1.165) is 0 Å². The Labute approximate surface area is 190 Å². The van der Waals surface area contributed by atoms with Gasteiger partial charge in [0.1, 0.15) is 6.04 Å². The summed E-state index contributed by atoms with van der Waals surface area (Å²) < 4.78 is 0. The average Bonchev–Trinajstić information content (AvgIpc) is 2.80. The van der Waals surface area contributed by atoms with E-state index in [-0.39, 0.29) is 29.2 Å². The molecule has 0 bridgehead atoms. The number of aromatic nitrogens is 4. The van der Waals surface area contributed by atoms with Gasteiger partial charge in [-0.15, -0.1) is 0 Å². The number of carbonyl (C=O) groups is 3. The van der Waals surface area contributed by atoms with Crippen LogP contribution in [0.25, 0.3) is 11.2 Å². The number of nitrogens with zero attached hydrogens (tertiary/aromatic N) is 3. The van der Waals surface area contributed by atoms with Gasteiger partial charge in [-0.2, -0.15) is 4.98 Å². The predicted octanol–water partition coefficient (Wildman–Crippen LogP) is -0.826. The lowest BCUT2D eigenvalue weighted by atomic mass is 10.0. The summed E-state index contributed by atoms with van der Waals surface area (Å²) in [6.07, 6.45) is 0.968. The van der Waals surface area contributed by atoms with Gasteiger partial charge in [0.15, 0.2) is 11.2 Å². The summed E-state index contributed by atoms with van der Waals surface area (Å²) in [6.45, 7) is -0.549. The van der Waals surface area contributed by atoms with Crippen LogP contribution < -0.4 is 21.9 Å². The van der Waals surface area contributed by atoms with Crippen LogP contribution in [0.4, 0.5) is 11.6 Å². The van der Waals surface area contributed by atoms with Crippen LogP contribution in [0, 0.1) is 5.92 Å². The second-order valence-corrected chi connectivity index (χ2v) is 7.23. The number of nitrogens with one attached hydrogen (secondary N) is 3. The summed E-state index contributed by atoms with van der Waals surface area (Å²) in [5.41, 5.74) is 6.32. The van der Waals surface area contributed by atoms with E-state index in [9.17, 15) is 24.3 Å². The number of carboxylic acid groups (broad SMARTS) is 2. The van der Waals surface area contributed by atoms with E-state index >= 15 is 0 Å². The van der Waals surface area contributed by atoms with Crippen molar-refractivity contribution < 1.29 is 29.7 Å². The molecule has 2 unspecified atom stereocenters. The minimum Gasteiger partial charge on any atom is -0.481 e. The number of nitrogens with two attached hydrogens (primary N) is 1. The molecule has 34 heavy (non-hydrogen) atoms. The number of nitrogen functional groups attached to an aromatic ring is 1. The SMILES string of the molecule is Nc1nc2ncc(CNc3ccc(C(=O)NC(CC(CO)C(=O)O)C(=O)O)cc3)nc2c(=O)[nH]1. The minimum atomic E-state index is -1.49. The summed E-state index contributed by atoms with van der Waals surface area (Å²) in [5, 5.41) is 32.7. The van der Waals surface area contributed by atoms with Crippen molar-refractivity contribution in [1.82, 2.24) is 25.3 Å². The number of aliphatic hydroxyl groups excluding tert-OH is 1. The van der Waals surface area contributed by atoms with Crippen molar-refractivity contribution in [1.29, 1.82) is 0 Å². The molecule has 3 rings (SSSR count). The van der Waals surface area contributed by atoms with Gasteiger partial charge in [-0.3, -0.25) is 19.4 Å². The average molecular weight is 471 g/mol. The van der Waals surface area contributed by atoms with Crippen molar-refractivity contribution >= 4 is 40.6 Å². The van der Waals surface area contributed by atoms with Gasteiger partial charge >= 0.3 is 11.9 Å². The molecular weight excluding hydrogens is 450 g/mol. The number of carbonyl (C=O) groups excluding carboxylic acids is 1. The lowest BCUT2D eigenvalue weighted by molar-refractivity contribution is -0.145. The zero-order chi connectivity index (χ0) is 24.8. The van der Waals surface area contributed by atoms with Gasteiger partial charge in [0.2, 0.25) is 5.95 Å². The lowest BCUT2D eigenvalue weighted by Gasteiger charge is -2.18. The van der Waals surface area contributed by atoms with Crippen molar-refractivity contribution in [3.8, 4) is 0 Å². The van der Waals surface area contributed by atoms with Crippen molar-refractivity contribution in [2.45, 2.75) is 19.0 Å². The number of aromatic amines is 1. The highest BCUT2D eigenvalue weighted by Crippen LogP contribution is 2.13. The molecule has 8 N–H and O–H groups in total. The molecule has 14 nitrogen and oxygen atoms in total. The molecule has 0 aliphatic rings. The Morgan fingerprint density at radius 2 is 1.79 bits per heavy atom. The number of rotatable bonds is 10. The molecule has 0 fully saturated rings. The fourth-order valence-electron chi connectivity index (χ4n) is 2.99. The summed E-state index contributed by atoms with van der Waals surface area (Å²) in [6, 6.07) is 4.55. The third kappa shape index (κ3) is 5.80. The molecule has 0 radical (unpaired) electrons. The smallest absolute Gasteiger partial charge is 0.326 e. The number of carboxylic acids is 2. The molecule has 0 spiro atoms.